The number of ether oxygens (including phenoxy) is 2. The summed E-state index contributed by atoms with van der Waals surface area (Å²) in [5.74, 6) is -2.60. The van der Waals surface area contributed by atoms with Gasteiger partial charge in [-0.1, -0.05) is 25.1 Å². The molecule has 1 aromatic rings. The minimum atomic E-state index is -2.28. The second kappa shape index (κ2) is 7.79. The van der Waals surface area contributed by atoms with Crippen LogP contribution in [0.3, 0.4) is 0 Å². The number of hydrogen-bond donors (Lipinski definition) is 3. The highest BCUT2D eigenvalue weighted by atomic mass is 19.1. The normalized spacial score (nSPS) is 48.1. The van der Waals surface area contributed by atoms with Crippen molar-refractivity contribution in [1.82, 2.24) is 0 Å². The topological polar surface area (TPSA) is 119 Å². The molecule has 3 saturated carbocycles. The highest BCUT2D eigenvalue weighted by molar-refractivity contribution is 6.01. The van der Waals surface area contributed by atoms with Crippen LogP contribution in [-0.2, 0) is 19.1 Å². The number of carbonyl (C=O) groups excluding carboxylic acids is 2. The van der Waals surface area contributed by atoms with E-state index in [1.807, 2.05) is 0 Å². The molecule has 4 fully saturated rings. The average Bonchev–Trinajstić information content (AvgIpc) is 3.35. The summed E-state index contributed by atoms with van der Waals surface area (Å²) in [6, 6.07) is 6.86. The highest BCUT2D eigenvalue weighted by Gasteiger charge is 2.80. The number of nitrogens with two attached hydrogens (primary N) is 1. The fourth-order valence-electron chi connectivity index (χ4n) is 8.42. The Hall–Kier alpha value is -2.46. The van der Waals surface area contributed by atoms with Gasteiger partial charge in [0.25, 0.3) is 0 Å². The first kappa shape index (κ1) is 24.9. The van der Waals surface area contributed by atoms with Gasteiger partial charge >= 0.3 is 0 Å². The van der Waals surface area contributed by atoms with Crippen LogP contribution in [0.25, 0.3) is 0 Å². The largest absolute Gasteiger partial charge is 0.399 e. The molecule has 1 saturated heterocycles. The monoisotopic (exact) mass is 515 g/mol. The van der Waals surface area contributed by atoms with Crippen molar-refractivity contribution in [3.63, 3.8) is 0 Å². The van der Waals surface area contributed by atoms with E-state index in [1.54, 1.807) is 31.2 Å². The number of aliphatic hydroxyl groups is 2. The van der Waals surface area contributed by atoms with Crippen LogP contribution in [0.1, 0.15) is 45.0 Å². The predicted molar refractivity (Wildman–Crippen MR) is 128 cm³/mol. The van der Waals surface area contributed by atoms with Crippen LogP contribution >= 0.6 is 0 Å². The van der Waals surface area contributed by atoms with Gasteiger partial charge in [-0.3, -0.25) is 9.59 Å². The van der Waals surface area contributed by atoms with E-state index in [2.05, 4.69) is 0 Å². The number of ketones is 2. The van der Waals surface area contributed by atoms with Gasteiger partial charge in [-0.25, -0.2) is 8.78 Å². The minimum absolute atomic E-state index is 0.0370. The maximum Gasteiger partial charge on any atom is 0.193 e. The van der Waals surface area contributed by atoms with Crippen LogP contribution in [0.15, 0.2) is 48.1 Å². The van der Waals surface area contributed by atoms with Gasteiger partial charge in [0.1, 0.15) is 12.8 Å². The van der Waals surface area contributed by atoms with Crippen LogP contribution in [0, 0.1) is 22.7 Å². The molecule has 4 aliphatic carbocycles. The third kappa shape index (κ3) is 2.89. The Kier molecular flexibility index (Phi) is 5.23. The first-order valence-electron chi connectivity index (χ1n) is 12.7. The Morgan fingerprint density at radius 1 is 1.24 bits per heavy atom. The van der Waals surface area contributed by atoms with Crippen molar-refractivity contribution in [3.05, 3.63) is 53.6 Å². The number of benzene rings is 1. The Bertz CT molecular complexity index is 1250. The van der Waals surface area contributed by atoms with Gasteiger partial charge < -0.3 is 25.4 Å². The standard InChI is InChI=1S/C28H31F2NO6/c1-25-7-6-16(33)9-19(25)20(29)10-18-17-11-23-28(22(35)13-32,26(17,2)12-21(34)27(18,25)30)37-24(36-23)14-4-3-5-15(31)8-14/h3-9,17-18,20-21,23-24,32,34H,10-13,31H2,1-2H3/t17?,18-,20-,21?,23+,24+,25?,26?,27-,28+/m0/s1. The van der Waals surface area contributed by atoms with E-state index in [1.165, 1.54) is 19.1 Å². The molecular weight excluding hydrogens is 484 g/mol. The van der Waals surface area contributed by atoms with Gasteiger partial charge in [0.15, 0.2) is 29.1 Å². The maximum atomic E-state index is 17.4. The summed E-state index contributed by atoms with van der Waals surface area (Å²) >= 11 is 0. The zero-order valence-electron chi connectivity index (χ0n) is 20.7. The lowest BCUT2D eigenvalue weighted by atomic mass is 9.44. The lowest BCUT2D eigenvalue weighted by Gasteiger charge is -2.63. The van der Waals surface area contributed by atoms with Gasteiger partial charge in [-0.2, -0.15) is 0 Å². The van der Waals surface area contributed by atoms with E-state index in [-0.39, 0.29) is 24.8 Å². The second-order valence-electron chi connectivity index (χ2n) is 11.7. The van der Waals surface area contributed by atoms with Gasteiger partial charge in [0.2, 0.25) is 0 Å². The summed E-state index contributed by atoms with van der Waals surface area (Å²) in [6.45, 7) is 2.45. The number of halogens is 2. The molecule has 0 radical (unpaired) electrons. The summed E-state index contributed by atoms with van der Waals surface area (Å²) in [4.78, 5) is 25.5. The fraction of sp³-hybridized carbons (Fsp3) is 0.571. The van der Waals surface area contributed by atoms with Crippen molar-refractivity contribution < 1.29 is 38.1 Å². The van der Waals surface area contributed by atoms with E-state index < -0.39 is 76.8 Å². The zero-order chi connectivity index (χ0) is 26.5. The van der Waals surface area contributed by atoms with E-state index in [0.717, 1.165) is 6.08 Å². The molecule has 4 unspecified atom stereocenters. The molecule has 10 atom stereocenters. The van der Waals surface area contributed by atoms with E-state index >= 15 is 8.78 Å². The second-order valence-corrected chi connectivity index (χ2v) is 11.7. The van der Waals surface area contributed by atoms with Crippen molar-refractivity contribution in [1.29, 1.82) is 0 Å². The number of carbonyl (C=O) groups is 2. The Morgan fingerprint density at radius 3 is 2.70 bits per heavy atom. The van der Waals surface area contributed by atoms with Gasteiger partial charge in [-0.15, -0.1) is 0 Å². The third-order valence-corrected chi connectivity index (χ3v) is 10.1. The van der Waals surface area contributed by atoms with Crippen molar-refractivity contribution in [3.8, 4) is 0 Å². The lowest BCUT2D eigenvalue weighted by molar-refractivity contribution is -0.235. The van der Waals surface area contributed by atoms with Crippen molar-refractivity contribution in [2.75, 3.05) is 12.3 Å². The maximum absolute atomic E-state index is 17.4. The molecule has 37 heavy (non-hydrogen) atoms. The van der Waals surface area contributed by atoms with Crippen LogP contribution in [-0.4, -0.2) is 58.0 Å². The smallest absolute Gasteiger partial charge is 0.193 e. The number of aliphatic hydroxyl groups excluding tert-OH is 2. The molecule has 1 aliphatic heterocycles. The molecule has 6 rings (SSSR count). The Labute approximate surface area is 213 Å². The predicted octanol–water partition coefficient (Wildman–Crippen LogP) is 2.91. The molecule has 198 valence electrons. The molecule has 0 aromatic heterocycles. The molecule has 0 spiro atoms. The highest BCUT2D eigenvalue weighted by Crippen LogP contribution is 2.72. The molecule has 0 bridgehead atoms. The quantitative estimate of drug-likeness (QED) is 0.530. The Balaban J connectivity index is 1.45. The van der Waals surface area contributed by atoms with Gasteiger partial charge in [0, 0.05) is 28.0 Å². The fourth-order valence-corrected chi connectivity index (χ4v) is 8.42. The van der Waals surface area contributed by atoms with Gasteiger partial charge in [-0.05, 0) is 62.0 Å². The number of allylic oxidation sites excluding steroid dienone is 4. The molecule has 0 amide bonds. The number of Topliss-reactive ketones (excluding diaryl/α,β-unsaturated/α-hetero) is 1. The molecule has 7 nitrogen and oxygen atoms in total. The SMILES string of the molecule is CC12CC(O)[C@@]3(F)[C@@H](C[C@H](F)C4=CC(=O)C=CC43C)C1C[C@H]1O[C@@H](c3cccc(N)c3)O[C@]12C(=O)CO. The number of nitrogen functional groups attached to an aromatic ring is 1. The molecule has 5 aliphatic rings. The van der Waals surface area contributed by atoms with Crippen LogP contribution in [0.4, 0.5) is 14.5 Å². The van der Waals surface area contributed by atoms with Crippen molar-refractivity contribution in [2.24, 2.45) is 22.7 Å². The van der Waals surface area contributed by atoms with E-state index in [0.29, 0.717) is 11.3 Å². The van der Waals surface area contributed by atoms with E-state index in [9.17, 15) is 19.8 Å². The first-order chi connectivity index (χ1) is 17.4. The van der Waals surface area contributed by atoms with Crippen molar-refractivity contribution in [2.45, 2.75) is 69.0 Å². The lowest BCUT2D eigenvalue weighted by Crippen LogP contribution is -2.70. The molecular formula is C28H31F2NO6. The summed E-state index contributed by atoms with van der Waals surface area (Å²) in [6.07, 6.45) is -1.44. The number of fused-ring (bicyclic) bond motifs is 7. The first-order valence-corrected chi connectivity index (χ1v) is 12.7. The van der Waals surface area contributed by atoms with Crippen LogP contribution in [0.2, 0.25) is 0 Å². The zero-order valence-corrected chi connectivity index (χ0v) is 20.7. The van der Waals surface area contributed by atoms with Crippen molar-refractivity contribution >= 4 is 17.3 Å². The van der Waals surface area contributed by atoms with Crippen LogP contribution < -0.4 is 5.73 Å². The molecule has 1 heterocycles. The molecule has 1 aromatic carbocycles. The number of rotatable bonds is 3. The third-order valence-electron chi connectivity index (χ3n) is 10.1. The Morgan fingerprint density at radius 2 is 2.00 bits per heavy atom. The number of hydrogen-bond acceptors (Lipinski definition) is 7. The summed E-state index contributed by atoms with van der Waals surface area (Å²) in [5, 5.41) is 21.5. The average molecular weight is 516 g/mol. The summed E-state index contributed by atoms with van der Waals surface area (Å²) < 4.78 is 45.6. The number of alkyl halides is 2. The molecule has 9 heteroatoms. The number of anilines is 1. The van der Waals surface area contributed by atoms with E-state index in [4.69, 9.17) is 15.2 Å². The summed E-state index contributed by atoms with van der Waals surface area (Å²) in [5.41, 5.74) is 0.419. The molecule has 4 N–H and O–H groups in total. The summed E-state index contributed by atoms with van der Waals surface area (Å²) in [7, 11) is 0. The minimum Gasteiger partial charge on any atom is -0.399 e. The van der Waals surface area contributed by atoms with Crippen LogP contribution in [0.5, 0.6) is 0 Å². The van der Waals surface area contributed by atoms with Gasteiger partial charge in [0.05, 0.1) is 12.2 Å².